The van der Waals surface area contributed by atoms with E-state index in [-0.39, 0.29) is 17.0 Å². The molecule has 0 aliphatic carbocycles. The van der Waals surface area contributed by atoms with Gasteiger partial charge >= 0.3 is 0 Å². The molecule has 3 N–H and O–H groups in total. The molecule has 0 saturated carbocycles. The number of hydrogen-bond acceptors (Lipinski definition) is 3. The van der Waals surface area contributed by atoms with Crippen molar-refractivity contribution in [1.29, 1.82) is 0 Å². The van der Waals surface area contributed by atoms with Crippen molar-refractivity contribution in [3.8, 4) is 12.3 Å². The van der Waals surface area contributed by atoms with E-state index in [4.69, 9.17) is 11.6 Å². The van der Waals surface area contributed by atoms with Crippen molar-refractivity contribution in [2.75, 3.05) is 0 Å². The Hall–Kier alpha value is -1.35. The Kier molecular flexibility index (Phi) is 4.91. The van der Waals surface area contributed by atoms with Gasteiger partial charge in [-0.05, 0) is 31.5 Å². The first kappa shape index (κ1) is 14.7. The molecule has 18 heavy (non-hydrogen) atoms. The van der Waals surface area contributed by atoms with Crippen LogP contribution in [-0.2, 0) is 10.0 Å². The number of hydrogen-bond donors (Lipinski definition) is 2. The lowest BCUT2D eigenvalue weighted by molar-refractivity contribution is 0.486. The van der Waals surface area contributed by atoms with Gasteiger partial charge in [0.15, 0.2) is 0 Å². The molecule has 0 saturated heterocycles. The quantitative estimate of drug-likeness (QED) is 0.791. The van der Waals surface area contributed by atoms with Crippen LogP contribution >= 0.6 is 0 Å². The Balaban J connectivity index is 2.88. The number of nitrogens with one attached hydrogen (secondary N) is 1. The molecule has 5 heteroatoms. The molecule has 1 aromatic carbocycles. The van der Waals surface area contributed by atoms with Crippen LogP contribution < -0.4 is 10.5 Å². The van der Waals surface area contributed by atoms with Crippen LogP contribution in [-0.4, -0.2) is 14.5 Å². The van der Waals surface area contributed by atoms with Crippen molar-refractivity contribution in [3.63, 3.8) is 0 Å². The summed E-state index contributed by atoms with van der Waals surface area (Å²) in [6.45, 7) is 3.94. The predicted molar refractivity (Wildman–Crippen MR) is 72.3 cm³/mol. The number of nitrogens with two attached hydrogens (primary N) is 1. The van der Waals surface area contributed by atoms with Gasteiger partial charge in [0.05, 0.1) is 4.90 Å². The molecule has 4 nitrogen and oxygen atoms in total. The summed E-state index contributed by atoms with van der Waals surface area (Å²) in [6.07, 6.45) is 5.86. The van der Waals surface area contributed by atoms with E-state index in [2.05, 4.69) is 11.2 Å². The van der Waals surface area contributed by atoms with Crippen molar-refractivity contribution in [2.45, 2.75) is 37.2 Å². The summed E-state index contributed by atoms with van der Waals surface area (Å²) in [5, 5.41) is 8.40. The van der Waals surface area contributed by atoms with E-state index < -0.39 is 10.0 Å². The minimum atomic E-state index is -3.66. The topological polar surface area (TPSA) is 72.2 Å². The zero-order valence-corrected chi connectivity index (χ0v) is 11.4. The van der Waals surface area contributed by atoms with Crippen molar-refractivity contribution in [2.24, 2.45) is 5.14 Å². The first-order valence-electron chi connectivity index (χ1n) is 5.67. The fourth-order valence-corrected chi connectivity index (χ4v) is 2.29. The minimum Gasteiger partial charge on any atom is -0.307 e. The molecule has 0 aliphatic heterocycles. The first-order valence-corrected chi connectivity index (χ1v) is 7.21. The molecular formula is C13H18N2O2S. The summed E-state index contributed by atoms with van der Waals surface area (Å²) in [6, 6.07) is 6.78. The highest BCUT2D eigenvalue weighted by Gasteiger charge is 2.12. The summed E-state index contributed by atoms with van der Waals surface area (Å²) in [7, 11) is -3.66. The molecule has 0 spiro atoms. The van der Waals surface area contributed by atoms with Crippen LogP contribution in [0.25, 0.3) is 0 Å². The molecule has 2 atom stereocenters. The number of rotatable bonds is 5. The average Bonchev–Trinajstić information content (AvgIpc) is 2.28. The van der Waals surface area contributed by atoms with E-state index in [0.29, 0.717) is 6.42 Å². The normalized spacial score (nSPS) is 14.8. The highest BCUT2D eigenvalue weighted by atomic mass is 32.2. The average molecular weight is 266 g/mol. The molecular weight excluding hydrogens is 248 g/mol. The standard InChI is InChI=1S/C13H18N2O2S/c1-4-6-10(2)15-11(3)12-7-5-8-13(9-12)18(14,16)17/h1,5,7-11,15H,6H2,2-3H3,(H2,14,16,17). The molecule has 0 fully saturated rings. The number of primary sulfonamides is 1. The van der Waals surface area contributed by atoms with E-state index >= 15 is 0 Å². The maximum absolute atomic E-state index is 11.3. The maximum atomic E-state index is 11.3. The Morgan fingerprint density at radius 3 is 2.67 bits per heavy atom. The van der Waals surface area contributed by atoms with Gasteiger partial charge in [-0.15, -0.1) is 12.3 Å². The Labute approximate surface area is 109 Å². The van der Waals surface area contributed by atoms with Crippen LogP contribution in [0.3, 0.4) is 0 Å². The summed E-state index contributed by atoms with van der Waals surface area (Å²) < 4.78 is 22.5. The fourth-order valence-electron chi connectivity index (χ4n) is 1.72. The molecule has 2 unspecified atom stereocenters. The van der Waals surface area contributed by atoms with Gasteiger partial charge in [-0.3, -0.25) is 0 Å². The second-order valence-electron chi connectivity index (χ2n) is 4.32. The summed E-state index contributed by atoms with van der Waals surface area (Å²) >= 11 is 0. The number of sulfonamides is 1. The van der Waals surface area contributed by atoms with Gasteiger partial charge in [0.25, 0.3) is 0 Å². The van der Waals surface area contributed by atoms with Crippen molar-refractivity contribution < 1.29 is 8.42 Å². The zero-order chi connectivity index (χ0) is 13.8. The highest BCUT2D eigenvalue weighted by molar-refractivity contribution is 7.89. The van der Waals surface area contributed by atoms with E-state index in [1.54, 1.807) is 12.1 Å². The lowest BCUT2D eigenvalue weighted by Gasteiger charge is -2.19. The lowest BCUT2D eigenvalue weighted by Crippen LogP contribution is -2.28. The van der Waals surface area contributed by atoms with E-state index in [9.17, 15) is 8.42 Å². The van der Waals surface area contributed by atoms with Crippen molar-refractivity contribution in [1.82, 2.24) is 5.32 Å². The third-order valence-corrected chi connectivity index (χ3v) is 3.56. The van der Waals surface area contributed by atoms with Crippen LogP contribution in [0.5, 0.6) is 0 Å². The van der Waals surface area contributed by atoms with E-state index in [1.165, 1.54) is 6.07 Å². The first-order chi connectivity index (χ1) is 8.34. The van der Waals surface area contributed by atoms with Crippen molar-refractivity contribution in [3.05, 3.63) is 29.8 Å². The third-order valence-electron chi connectivity index (χ3n) is 2.65. The molecule has 0 heterocycles. The van der Waals surface area contributed by atoms with Gasteiger partial charge in [-0.2, -0.15) is 0 Å². The molecule has 98 valence electrons. The Morgan fingerprint density at radius 1 is 1.44 bits per heavy atom. The van der Waals surface area contributed by atoms with Crippen LogP contribution in [0.4, 0.5) is 0 Å². The zero-order valence-electron chi connectivity index (χ0n) is 10.6. The SMILES string of the molecule is C#CCC(C)NC(C)c1cccc(S(N)(=O)=O)c1. The number of benzene rings is 1. The van der Waals surface area contributed by atoms with Gasteiger partial charge in [-0.1, -0.05) is 12.1 Å². The van der Waals surface area contributed by atoms with Crippen molar-refractivity contribution >= 4 is 10.0 Å². The molecule has 0 amide bonds. The summed E-state index contributed by atoms with van der Waals surface area (Å²) in [5.41, 5.74) is 0.866. The highest BCUT2D eigenvalue weighted by Crippen LogP contribution is 2.17. The van der Waals surface area contributed by atoms with Gasteiger partial charge < -0.3 is 5.32 Å². The summed E-state index contributed by atoms with van der Waals surface area (Å²) in [4.78, 5) is 0.123. The third kappa shape index (κ3) is 4.15. The number of terminal acetylenes is 1. The monoisotopic (exact) mass is 266 g/mol. The lowest BCUT2D eigenvalue weighted by atomic mass is 10.1. The molecule has 0 bridgehead atoms. The minimum absolute atomic E-state index is 0.00931. The van der Waals surface area contributed by atoms with Crippen LogP contribution in [0.15, 0.2) is 29.2 Å². The van der Waals surface area contributed by atoms with E-state index in [1.807, 2.05) is 19.9 Å². The Morgan fingerprint density at radius 2 is 2.11 bits per heavy atom. The second kappa shape index (κ2) is 6.01. The van der Waals surface area contributed by atoms with Crippen LogP contribution in [0.1, 0.15) is 31.9 Å². The smallest absolute Gasteiger partial charge is 0.238 e. The second-order valence-corrected chi connectivity index (χ2v) is 5.88. The molecule has 0 aromatic heterocycles. The summed E-state index contributed by atoms with van der Waals surface area (Å²) in [5.74, 6) is 2.58. The predicted octanol–water partition coefficient (Wildman–Crippen LogP) is 1.40. The van der Waals surface area contributed by atoms with Gasteiger partial charge in [0.2, 0.25) is 10.0 Å². The molecule has 1 rings (SSSR count). The van der Waals surface area contributed by atoms with E-state index in [0.717, 1.165) is 5.56 Å². The van der Waals surface area contributed by atoms with Gasteiger partial charge in [0, 0.05) is 18.5 Å². The molecule has 0 radical (unpaired) electrons. The molecule has 1 aromatic rings. The maximum Gasteiger partial charge on any atom is 0.238 e. The van der Waals surface area contributed by atoms with Gasteiger partial charge in [0.1, 0.15) is 0 Å². The van der Waals surface area contributed by atoms with Crippen LogP contribution in [0, 0.1) is 12.3 Å². The van der Waals surface area contributed by atoms with Crippen LogP contribution in [0.2, 0.25) is 0 Å². The van der Waals surface area contributed by atoms with Gasteiger partial charge in [-0.25, -0.2) is 13.6 Å². The largest absolute Gasteiger partial charge is 0.307 e. The Bertz CT molecular complexity index is 546. The molecule has 0 aliphatic rings. The fraction of sp³-hybridized carbons (Fsp3) is 0.385.